The summed E-state index contributed by atoms with van der Waals surface area (Å²) < 4.78 is 19.1. The largest absolute Gasteiger partial charge is 0.486 e. The Kier molecular flexibility index (Phi) is 7.11. The second-order valence-electron chi connectivity index (χ2n) is 7.68. The summed E-state index contributed by atoms with van der Waals surface area (Å²) >= 11 is 1.37. The first-order chi connectivity index (χ1) is 15.6. The van der Waals surface area contributed by atoms with Gasteiger partial charge in [0.25, 0.3) is 11.8 Å². The van der Waals surface area contributed by atoms with Crippen LogP contribution in [0.15, 0.2) is 60.0 Å². The van der Waals surface area contributed by atoms with Gasteiger partial charge in [0, 0.05) is 23.0 Å². The first kappa shape index (κ1) is 22.0. The zero-order chi connectivity index (χ0) is 22.3. The van der Waals surface area contributed by atoms with Crippen molar-refractivity contribution in [1.29, 1.82) is 0 Å². The third-order valence-corrected chi connectivity index (χ3v) is 6.20. The number of hydrogen-bond donors (Lipinski definition) is 2. The van der Waals surface area contributed by atoms with Crippen LogP contribution in [0.2, 0.25) is 0 Å². The van der Waals surface area contributed by atoms with Crippen molar-refractivity contribution in [1.82, 2.24) is 15.6 Å². The molecule has 0 spiro atoms. The van der Waals surface area contributed by atoms with Crippen LogP contribution in [0.4, 0.5) is 4.39 Å². The molecule has 1 aliphatic carbocycles. The highest BCUT2D eigenvalue weighted by Gasteiger charge is 2.29. The maximum atomic E-state index is 13.4. The van der Waals surface area contributed by atoms with E-state index in [-0.39, 0.29) is 36.1 Å². The number of carbonyl (C=O) groups is 2. The fraction of sp³-hybridized carbons (Fsp3) is 0.292. The molecule has 2 atom stereocenters. The smallest absolute Gasteiger partial charge is 0.271 e. The van der Waals surface area contributed by atoms with Gasteiger partial charge in [0.15, 0.2) is 0 Å². The zero-order valence-electron chi connectivity index (χ0n) is 17.4. The second kappa shape index (κ2) is 10.4. The molecule has 1 fully saturated rings. The molecule has 0 bridgehead atoms. The van der Waals surface area contributed by atoms with Crippen molar-refractivity contribution in [3.8, 4) is 5.75 Å². The molecule has 1 saturated carbocycles. The highest BCUT2D eigenvalue weighted by atomic mass is 32.1. The van der Waals surface area contributed by atoms with Crippen LogP contribution in [0.1, 0.15) is 51.5 Å². The van der Waals surface area contributed by atoms with Crippen LogP contribution in [0.3, 0.4) is 0 Å². The van der Waals surface area contributed by atoms with Crippen molar-refractivity contribution in [2.75, 3.05) is 0 Å². The molecule has 1 aliphatic rings. The van der Waals surface area contributed by atoms with Crippen LogP contribution in [0.5, 0.6) is 5.75 Å². The molecule has 4 rings (SSSR count). The molecule has 3 aromatic rings. The van der Waals surface area contributed by atoms with E-state index in [2.05, 4.69) is 15.6 Å². The minimum absolute atomic E-state index is 0.209. The van der Waals surface area contributed by atoms with E-state index in [0.29, 0.717) is 10.7 Å². The minimum atomic E-state index is -0.457. The molecule has 2 aromatic carbocycles. The molecule has 0 radical (unpaired) electrons. The number of nitrogens with zero attached hydrogens (tertiary/aromatic N) is 1. The Morgan fingerprint density at radius 3 is 2.44 bits per heavy atom. The number of nitrogens with one attached hydrogen (secondary N) is 2. The van der Waals surface area contributed by atoms with Crippen molar-refractivity contribution >= 4 is 23.2 Å². The molecule has 32 heavy (non-hydrogen) atoms. The number of ether oxygens (including phenoxy) is 1. The van der Waals surface area contributed by atoms with Gasteiger partial charge >= 0.3 is 0 Å². The van der Waals surface area contributed by atoms with Gasteiger partial charge in [-0.2, -0.15) is 0 Å². The van der Waals surface area contributed by atoms with E-state index in [0.717, 1.165) is 31.4 Å². The van der Waals surface area contributed by atoms with Gasteiger partial charge in [-0.1, -0.05) is 37.1 Å². The Balaban J connectivity index is 1.35. The zero-order valence-corrected chi connectivity index (χ0v) is 18.2. The number of benzene rings is 2. The lowest BCUT2D eigenvalue weighted by atomic mass is 9.90. The average molecular weight is 454 g/mol. The molecule has 166 valence electrons. The first-order valence-corrected chi connectivity index (χ1v) is 11.5. The maximum absolute atomic E-state index is 13.4. The van der Waals surface area contributed by atoms with Gasteiger partial charge in [-0.15, -0.1) is 11.3 Å². The molecule has 0 unspecified atom stereocenters. The Bertz CT molecular complexity index is 1070. The normalized spacial score (nSPS) is 18.0. The topological polar surface area (TPSA) is 80.3 Å². The van der Waals surface area contributed by atoms with E-state index in [4.69, 9.17) is 4.74 Å². The van der Waals surface area contributed by atoms with Gasteiger partial charge in [-0.05, 0) is 43.2 Å². The second-order valence-corrected chi connectivity index (χ2v) is 8.63. The van der Waals surface area contributed by atoms with Crippen LogP contribution in [-0.4, -0.2) is 28.9 Å². The summed E-state index contributed by atoms with van der Waals surface area (Å²) in [5, 5.41) is 8.39. The molecule has 2 N–H and O–H groups in total. The van der Waals surface area contributed by atoms with Gasteiger partial charge < -0.3 is 15.4 Å². The van der Waals surface area contributed by atoms with Crippen LogP contribution in [0, 0.1) is 5.82 Å². The summed E-state index contributed by atoms with van der Waals surface area (Å²) in [6.07, 6.45) is 3.43. The SMILES string of the molecule is O=C(N[C@@H]1CCCC[C@@H]1NC(=O)c1csc(COc2ccccc2)n1)c1cccc(F)c1. The van der Waals surface area contributed by atoms with Crippen molar-refractivity contribution in [3.63, 3.8) is 0 Å². The number of halogens is 1. The standard InChI is InChI=1S/C24H24FN3O3S/c25-17-8-6-7-16(13-17)23(29)27-19-11-4-5-12-20(19)28-24(30)21-15-32-22(26-21)14-31-18-9-2-1-3-10-18/h1-3,6-10,13,15,19-20H,4-5,11-12,14H2,(H,27,29)(H,28,30)/t19-,20+/m1/s1. The monoisotopic (exact) mass is 453 g/mol. The number of hydrogen-bond acceptors (Lipinski definition) is 5. The van der Waals surface area contributed by atoms with Gasteiger partial charge in [0.2, 0.25) is 0 Å². The number of aromatic nitrogens is 1. The van der Waals surface area contributed by atoms with Crippen LogP contribution in [0.25, 0.3) is 0 Å². The average Bonchev–Trinajstić information content (AvgIpc) is 3.29. The van der Waals surface area contributed by atoms with Crippen LogP contribution < -0.4 is 15.4 Å². The molecule has 1 aromatic heterocycles. The van der Waals surface area contributed by atoms with E-state index in [1.807, 2.05) is 30.3 Å². The Labute approximate surface area is 189 Å². The van der Waals surface area contributed by atoms with Gasteiger partial charge in [-0.3, -0.25) is 9.59 Å². The number of para-hydroxylation sites is 1. The number of carbonyl (C=O) groups excluding carboxylic acids is 2. The summed E-state index contributed by atoms with van der Waals surface area (Å²) in [4.78, 5) is 29.7. The molecule has 8 heteroatoms. The lowest BCUT2D eigenvalue weighted by molar-refractivity contribution is 0.0860. The van der Waals surface area contributed by atoms with Crippen LogP contribution in [-0.2, 0) is 6.61 Å². The lowest BCUT2D eigenvalue weighted by Crippen LogP contribution is -2.53. The predicted molar refractivity (Wildman–Crippen MR) is 120 cm³/mol. The molecular weight excluding hydrogens is 429 g/mol. The maximum Gasteiger partial charge on any atom is 0.271 e. The molecule has 2 amide bonds. The highest BCUT2D eigenvalue weighted by Crippen LogP contribution is 2.21. The Hall–Kier alpha value is -3.26. The van der Waals surface area contributed by atoms with Crippen LogP contribution >= 0.6 is 11.3 Å². The highest BCUT2D eigenvalue weighted by molar-refractivity contribution is 7.09. The van der Waals surface area contributed by atoms with E-state index in [9.17, 15) is 14.0 Å². The Morgan fingerprint density at radius 2 is 1.72 bits per heavy atom. The summed E-state index contributed by atoms with van der Waals surface area (Å²) in [6, 6.07) is 14.6. The lowest BCUT2D eigenvalue weighted by Gasteiger charge is -2.32. The van der Waals surface area contributed by atoms with Gasteiger partial charge in [-0.25, -0.2) is 9.37 Å². The van der Waals surface area contributed by atoms with Crippen molar-refractivity contribution in [2.24, 2.45) is 0 Å². The minimum Gasteiger partial charge on any atom is -0.486 e. The predicted octanol–water partition coefficient (Wildman–Crippen LogP) is 4.33. The molecule has 1 heterocycles. The fourth-order valence-corrected chi connectivity index (χ4v) is 4.43. The summed E-state index contributed by atoms with van der Waals surface area (Å²) in [5.74, 6) is -0.330. The molecule has 0 aliphatic heterocycles. The van der Waals surface area contributed by atoms with Gasteiger partial charge in [0.05, 0.1) is 0 Å². The first-order valence-electron chi connectivity index (χ1n) is 10.6. The molecule has 6 nitrogen and oxygen atoms in total. The van der Waals surface area contributed by atoms with Gasteiger partial charge in [0.1, 0.15) is 28.9 Å². The van der Waals surface area contributed by atoms with E-state index in [1.165, 1.54) is 29.5 Å². The van der Waals surface area contributed by atoms with Crippen molar-refractivity contribution < 1.29 is 18.7 Å². The Morgan fingerprint density at radius 1 is 1.00 bits per heavy atom. The quantitative estimate of drug-likeness (QED) is 0.558. The van der Waals surface area contributed by atoms with E-state index >= 15 is 0 Å². The number of amides is 2. The third-order valence-electron chi connectivity index (χ3n) is 5.38. The number of thiazole rings is 1. The summed E-state index contributed by atoms with van der Waals surface area (Å²) in [5.41, 5.74) is 0.602. The van der Waals surface area contributed by atoms with E-state index in [1.54, 1.807) is 11.4 Å². The van der Waals surface area contributed by atoms with E-state index < -0.39 is 5.82 Å². The number of rotatable bonds is 7. The third kappa shape index (κ3) is 5.70. The summed E-state index contributed by atoms with van der Waals surface area (Å²) in [7, 11) is 0. The fourth-order valence-electron chi connectivity index (χ4n) is 3.74. The molecule has 0 saturated heterocycles. The van der Waals surface area contributed by atoms with Crippen molar-refractivity contribution in [3.05, 3.63) is 82.1 Å². The van der Waals surface area contributed by atoms with Crippen molar-refractivity contribution in [2.45, 2.75) is 44.4 Å². The molecular formula is C24H24FN3O3S. The summed E-state index contributed by atoms with van der Waals surface area (Å²) in [6.45, 7) is 0.289.